The third-order valence-electron chi connectivity index (χ3n) is 3.55. The van der Waals surface area contributed by atoms with Crippen LogP contribution >= 0.6 is 0 Å². The Morgan fingerprint density at radius 2 is 2.33 bits per heavy atom. The minimum atomic E-state index is 0.323. The molecule has 0 N–H and O–H groups in total. The highest BCUT2D eigenvalue weighted by molar-refractivity contribution is 5.09. The maximum Gasteiger partial charge on any atom is 0.0638 e. The zero-order chi connectivity index (χ0) is 13.0. The molecule has 2 atom stereocenters. The number of piperazine rings is 1. The van der Waals surface area contributed by atoms with E-state index < -0.39 is 0 Å². The van der Waals surface area contributed by atoms with E-state index >= 15 is 0 Å². The first-order valence-corrected chi connectivity index (χ1v) is 6.41. The number of hydrogen-bond acceptors (Lipinski definition) is 4. The van der Waals surface area contributed by atoms with E-state index in [-0.39, 0.29) is 0 Å². The zero-order valence-corrected chi connectivity index (χ0v) is 11.1. The van der Waals surface area contributed by atoms with Crippen LogP contribution in [0.4, 0.5) is 0 Å². The highest BCUT2D eigenvalue weighted by Gasteiger charge is 2.30. The molecule has 1 aromatic heterocycles. The Morgan fingerprint density at radius 3 is 3.00 bits per heavy atom. The standard InChI is InChI=1S/C14H20N4/c1-12-9-17(2)11-14(5-6-15)18(12)10-13-4-3-7-16-8-13/h3-4,7-8,12,14H,5,9-11H2,1-2H3. The molecule has 1 aromatic rings. The average Bonchev–Trinajstić information content (AvgIpc) is 2.35. The summed E-state index contributed by atoms with van der Waals surface area (Å²) in [6.45, 7) is 5.14. The van der Waals surface area contributed by atoms with E-state index in [1.54, 1.807) is 6.20 Å². The van der Waals surface area contributed by atoms with Crippen molar-refractivity contribution < 1.29 is 0 Å². The molecule has 0 radical (unpaired) electrons. The number of nitrogens with zero attached hydrogens (tertiary/aromatic N) is 4. The van der Waals surface area contributed by atoms with Crippen molar-refractivity contribution >= 4 is 0 Å². The summed E-state index contributed by atoms with van der Waals surface area (Å²) in [6, 6.07) is 7.17. The van der Waals surface area contributed by atoms with Gasteiger partial charge in [-0.1, -0.05) is 6.07 Å². The van der Waals surface area contributed by atoms with E-state index in [4.69, 9.17) is 5.26 Å². The van der Waals surface area contributed by atoms with E-state index in [9.17, 15) is 0 Å². The Hall–Kier alpha value is -1.44. The van der Waals surface area contributed by atoms with Gasteiger partial charge in [-0.15, -0.1) is 0 Å². The normalized spacial score (nSPS) is 25.8. The van der Waals surface area contributed by atoms with Crippen LogP contribution in [0.2, 0.25) is 0 Å². The summed E-state index contributed by atoms with van der Waals surface area (Å²) in [6.07, 6.45) is 4.30. The van der Waals surface area contributed by atoms with Gasteiger partial charge in [0.05, 0.1) is 12.5 Å². The van der Waals surface area contributed by atoms with Gasteiger partial charge in [-0.05, 0) is 25.6 Å². The van der Waals surface area contributed by atoms with Crippen LogP contribution < -0.4 is 0 Å². The lowest BCUT2D eigenvalue weighted by atomic mass is 10.0. The molecule has 1 aliphatic rings. The number of nitriles is 1. The van der Waals surface area contributed by atoms with Gasteiger partial charge >= 0.3 is 0 Å². The molecular weight excluding hydrogens is 224 g/mol. The lowest BCUT2D eigenvalue weighted by molar-refractivity contribution is 0.0390. The first kappa shape index (κ1) is 13.0. The second-order valence-electron chi connectivity index (χ2n) is 5.12. The minimum absolute atomic E-state index is 0.323. The van der Waals surface area contributed by atoms with Crippen LogP contribution in [-0.2, 0) is 6.54 Å². The van der Waals surface area contributed by atoms with Crippen molar-refractivity contribution in [2.75, 3.05) is 20.1 Å². The van der Waals surface area contributed by atoms with E-state index in [0.717, 1.165) is 19.6 Å². The monoisotopic (exact) mass is 244 g/mol. The first-order chi connectivity index (χ1) is 8.70. The highest BCUT2D eigenvalue weighted by Crippen LogP contribution is 2.19. The molecule has 1 fully saturated rings. The molecule has 0 amide bonds. The topological polar surface area (TPSA) is 43.2 Å². The molecule has 1 aliphatic heterocycles. The van der Waals surface area contributed by atoms with Crippen molar-refractivity contribution in [3.63, 3.8) is 0 Å². The number of rotatable bonds is 3. The molecule has 96 valence electrons. The molecule has 0 aromatic carbocycles. The lowest BCUT2D eigenvalue weighted by Crippen LogP contribution is -2.55. The van der Waals surface area contributed by atoms with Gasteiger partial charge in [-0.25, -0.2) is 0 Å². The number of hydrogen-bond donors (Lipinski definition) is 0. The number of pyridine rings is 1. The minimum Gasteiger partial charge on any atom is -0.303 e. The first-order valence-electron chi connectivity index (χ1n) is 6.41. The number of likely N-dealkylation sites (N-methyl/N-ethyl adjacent to an activating group) is 1. The van der Waals surface area contributed by atoms with Crippen molar-refractivity contribution in [3.05, 3.63) is 30.1 Å². The second kappa shape index (κ2) is 5.94. The third kappa shape index (κ3) is 3.06. The summed E-state index contributed by atoms with van der Waals surface area (Å²) >= 11 is 0. The zero-order valence-electron chi connectivity index (χ0n) is 11.1. The Labute approximate surface area is 109 Å². The largest absolute Gasteiger partial charge is 0.303 e. The lowest BCUT2D eigenvalue weighted by Gasteiger charge is -2.43. The Bertz CT molecular complexity index is 412. The van der Waals surface area contributed by atoms with Crippen molar-refractivity contribution in [2.45, 2.75) is 32.0 Å². The van der Waals surface area contributed by atoms with E-state index in [1.807, 2.05) is 12.3 Å². The smallest absolute Gasteiger partial charge is 0.0638 e. The molecule has 18 heavy (non-hydrogen) atoms. The molecule has 0 spiro atoms. The summed E-state index contributed by atoms with van der Waals surface area (Å²) in [7, 11) is 2.13. The van der Waals surface area contributed by atoms with Crippen molar-refractivity contribution in [2.24, 2.45) is 0 Å². The van der Waals surface area contributed by atoms with Gasteiger partial charge in [-0.2, -0.15) is 5.26 Å². The van der Waals surface area contributed by atoms with Crippen molar-refractivity contribution in [3.8, 4) is 6.07 Å². The predicted molar refractivity (Wildman–Crippen MR) is 70.8 cm³/mol. The van der Waals surface area contributed by atoms with Gasteiger partial charge in [0.2, 0.25) is 0 Å². The van der Waals surface area contributed by atoms with E-state index in [1.165, 1.54) is 5.56 Å². The van der Waals surface area contributed by atoms with Crippen LogP contribution in [0.15, 0.2) is 24.5 Å². The maximum absolute atomic E-state index is 8.97. The van der Waals surface area contributed by atoms with Crippen LogP contribution in [0.25, 0.3) is 0 Å². The maximum atomic E-state index is 8.97. The van der Waals surface area contributed by atoms with Crippen molar-refractivity contribution in [1.29, 1.82) is 5.26 Å². The van der Waals surface area contributed by atoms with Crippen LogP contribution in [0.3, 0.4) is 0 Å². The average molecular weight is 244 g/mol. The van der Waals surface area contributed by atoms with Crippen molar-refractivity contribution in [1.82, 2.24) is 14.8 Å². The van der Waals surface area contributed by atoms with Crippen LogP contribution in [-0.4, -0.2) is 47.0 Å². The molecule has 0 aliphatic carbocycles. The summed E-state index contributed by atoms with van der Waals surface area (Å²) in [5.41, 5.74) is 1.22. The summed E-state index contributed by atoms with van der Waals surface area (Å²) in [4.78, 5) is 8.90. The van der Waals surface area contributed by atoms with Gasteiger partial charge < -0.3 is 4.90 Å². The summed E-state index contributed by atoms with van der Waals surface area (Å²) in [5.74, 6) is 0. The fraction of sp³-hybridized carbons (Fsp3) is 0.571. The molecule has 1 saturated heterocycles. The molecule has 0 saturated carbocycles. The number of aromatic nitrogens is 1. The Kier molecular flexibility index (Phi) is 4.29. The molecule has 4 heteroatoms. The van der Waals surface area contributed by atoms with Gasteiger partial charge in [0.15, 0.2) is 0 Å². The SMILES string of the molecule is CC1CN(C)CC(CC#N)N1Cc1cccnc1. The Balaban J connectivity index is 2.10. The quantitative estimate of drug-likeness (QED) is 0.808. The Morgan fingerprint density at radius 1 is 1.50 bits per heavy atom. The molecular formula is C14H20N4. The molecule has 4 nitrogen and oxygen atoms in total. The molecule has 2 rings (SSSR count). The third-order valence-corrected chi connectivity index (χ3v) is 3.55. The van der Waals surface area contributed by atoms with Gasteiger partial charge in [0.25, 0.3) is 0 Å². The highest BCUT2D eigenvalue weighted by atomic mass is 15.3. The molecule has 0 bridgehead atoms. The van der Waals surface area contributed by atoms with Gasteiger partial charge in [0.1, 0.15) is 0 Å². The van der Waals surface area contributed by atoms with E-state index in [0.29, 0.717) is 18.5 Å². The van der Waals surface area contributed by atoms with E-state index in [2.05, 4.69) is 40.9 Å². The van der Waals surface area contributed by atoms with Gasteiger partial charge in [0, 0.05) is 44.1 Å². The molecule has 2 heterocycles. The molecule has 2 unspecified atom stereocenters. The van der Waals surface area contributed by atoms with Crippen LogP contribution in [0.1, 0.15) is 18.9 Å². The fourth-order valence-electron chi connectivity index (χ4n) is 2.73. The fourth-order valence-corrected chi connectivity index (χ4v) is 2.73. The summed E-state index contributed by atoms with van der Waals surface area (Å²) < 4.78 is 0. The second-order valence-corrected chi connectivity index (χ2v) is 5.12. The van der Waals surface area contributed by atoms with Gasteiger partial charge in [-0.3, -0.25) is 9.88 Å². The van der Waals surface area contributed by atoms with Crippen LogP contribution in [0, 0.1) is 11.3 Å². The summed E-state index contributed by atoms with van der Waals surface area (Å²) in [5, 5.41) is 8.97. The van der Waals surface area contributed by atoms with Crippen LogP contribution in [0.5, 0.6) is 0 Å². The predicted octanol–water partition coefficient (Wildman–Crippen LogP) is 1.50.